The Labute approximate surface area is 102 Å². The molecule has 2 nitrogen and oxygen atoms in total. The molecule has 0 radical (unpaired) electrons. The summed E-state index contributed by atoms with van der Waals surface area (Å²) in [6, 6.07) is 0. The van der Waals surface area contributed by atoms with Crippen LogP contribution in [-0.2, 0) is 9.53 Å². The number of rotatable bonds is 5. The number of esters is 1. The molecule has 0 aliphatic heterocycles. The van der Waals surface area contributed by atoms with Gasteiger partial charge in [-0.2, -0.15) is 0 Å². The van der Waals surface area contributed by atoms with Gasteiger partial charge < -0.3 is 4.74 Å². The van der Waals surface area contributed by atoms with Crippen molar-refractivity contribution in [2.45, 2.75) is 39.5 Å². The first-order valence-electron chi connectivity index (χ1n) is 3.96. The minimum Gasteiger partial charge on any atom is -0.466 e. The largest absolute Gasteiger partial charge is 0.466 e. The third-order valence-electron chi connectivity index (χ3n) is 1.29. The fourth-order valence-electron chi connectivity index (χ4n) is 0.752. The molecule has 0 atom stereocenters. The smallest absolute Gasteiger partial charge is 0.305 e. The van der Waals surface area contributed by atoms with E-state index in [1.807, 2.05) is 6.92 Å². The van der Waals surface area contributed by atoms with Crippen molar-refractivity contribution in [3.63, 3.8) is 0 Å². The van der Waals surface area contributed by atoms with E-state index in [-0.39, 0.29) is 47.7 Å². The molecule has 0 aromatic heterocycles. The van der Waals surface area contributed by atoms with Crippen LogP contribution in [0.4, 0.5) is 0 Å². The minimum absolute atomic E-state index is 0. The first kappa shape index (κ1) is 14.4. The Hall–Kier alpha value is 0.847. The van der Waals surface area contributed by atoms with Gasteiger partial charge in [-0.1, -0.05) is 19.8 Å². The summed E-state index contributed by atoms with van der Waals surface area (Å²) < 4.78 is 4.75. The zero-order valence-corrected chi connectivity index (χ0v) is 10.5. The summed E-state index contributed by atoms with van der Waals surface area (Å²) in [4.78, 5) is 10.7. The van der Waals surface area contributed by atoms with E-state index in [9.17, 15) is 4.79 Å². The van der Waals surface area contributed by atoms with Crippen molar-refractivity contribution in [3.05, 3.63) is 0 Å². The van der Waals surface area contributed by atoms with E-state index in [0.717, 1.165) is 19.3 Å². The second kappa shape index (κ2) is 10.8. The maximum Gasteiger partial charge on any atom is 0.305 e. The second-order valence-corrected chi connectivity index (χ2v) is 2.26. The molecule has 0 saturated carbocycles. The van der Waals surface area contributed by atoms with Gasteiger partial charge in [-0.05, 0) is 13.3 Å². The van der Waals surface area contributed by atoms with Crippen molar-refractivity contribution in [2.24, 2.45) is 0 Å². The van der Waals surface area contributed by atoms with E-state index in [2.05, 4.69) is 6.92 Å². The van der Waals surface area contributed by atoms with Gasteiger partial charge >= 0.3 is 5.97 Å². The molecule has 0 amide bonds. The van der Waals surface area contributed by atoms with Crippen LogP contribution in [0.5, 0.6) is 0 Å². The second-order valence-electron chi connectivity index (χ2n) is 2.26. The van der Waals surface area contributed by atoms with Crippen LogP contribution in [0.2, 0.25) is 0 Å². The summed E-state index contributed by atoms with van der Waals surface area (Å²) in [7, 11) is 0. The van der Waals surface area contributed by atoms with E-state index < -0.39 is 0 Å². The molecule has 0 aromatic carbocycles. The molecule has 0 aliphatic rings. The molecule has 0 N–H and O–H groups in total. The van der Waals surface area contributed by atoms with Gasteiger partial charge in [0, 0.05) is 48.2 Å². The number of ether oxygens (including phenoxy) is 1. The van der Waals surface area contributed by atoms with Gasteiger partial charge in [0.25, 0.3) is 0 Å². The molecule has 0 aliphatic carbocycles. The van der Waals surface area contributed by atoms with E-state index in [1.54, 1.807) is 0 Å². The summed E-state index contributed by atoms with van der Waals surface area (Å²) in [5, 5.41) is 0. The number of hydrogen-bond acceptors (Lipinski definition) is 2. The van der Waals surface area contributed by atoms with E-state index in [1.165, 1.54) is 0 Å². The van der Waals surface area contributed by atoms with Gasteiger partial charge in [-0.15, -0.1) is 0 Å². The Morgan fingerprint density at radius 1 is 1.27 bits per heavy atom. The molecule has 11 heavy (non-hydrogen) atoms. The maximum absolute atomic E-state index is 10.7. The molecule has 0 saturated heterocycles. The van der Waals surface area contributed by atoms with Crippen LogP contribution < -0.4 is 0 Å². The molecule has 0 fully saturated rings. The van der Waals surface area contributed by atoms with Crippen molar-refractivity contribution in [3.8, 4) is 0 Å². The molecule has 0 unspecified atom stereocenters. The molecule has 0 rings (SSSR count). The maximum atomic E-state index is 10.7. The van der Waals surface area contributed by atoms with Gasteiger partial charge in [0.2, 0.25) is 0 Å². The van der Waals surface area contributed by atoms with Crippen molar-refractivity contribution >= 4 is 5.97 Å². The van der Waals surface area contributed by atoms with Crippen molar-refractivity contribution < 1.29 is 51.3 Å². The minimum atomic E-state index is -0.0593. The number of hydrogen-bond donors (Lipinski definition) is 0. The Morgan fingerprint density at radius 2 is 1.91 bits per heavy atom. The van der Waals surface area contributed by atoms with Crippen LogP contribution in [0.15, 0.2) is 0 Å². The molecule has 0 spiro atoms. The molecular formula is C8H16CeO2. The van der Waals surface area contributed by atoms with Crippen molar-refractivity contribution in [1.29, 1.82) is 0 Å². The zero-order valence-electron chi connectivity index (χ0n) is 7.35. The predicted molar refractivity (Wildman–Crippen MR) is 40.8 cm³/mol. The van der Waals surface area contributed by atoms with Gasteiger partial charge in [0.1, 0.15) is 0 Å². The summed E-state index contributed by atoms with van der Waals surface area (Å²) in [5.41, 5.74) is 0. The molecule has 0 heterocycles. The van der Waals surface area contributed by atoms with Gasteiger partial charge in [0.15, 0.2) is 0 Å². The normalized spacial score (nSPS) is 8.55. The molecule has 3 heteroatoms. The monoisotopic (exact) mass is 284 g/mol. The van der Waals surface area contributed by atoms with Crippen LogP contribution in [0.25, 0.3) is 0 Å². The average Bonchev–Trinajstić information content (AvgIpc) is 1.89. The number of carbonyl (C=O) groups is 1. The zero-order chi connectivity index (χ0) is 7.82. The van der Waals surface area contributed by atoms with Crippen molar-refractivity contribution in [1.82, 2.24) is 0 Å². The molecule has 0 aromatic rings. The van der Waals surface area contributed by atoms with Gasteiger partial charge in [-0.3, -0.25) is 4.79 Å². The Bertz CT molecular complexity index is 94.1. The average molecular weight is 284 g/mol. The summed E-state index contributed by atoms with van der Waals surface area (Å²) in [6.45, 7) is 4.45. The van der Waals surface area contributed by atoms with Gasteiger partial charge in [0.05, 0.1) is 6.61 Å². The third kappa shape index (κ3) is 10.8. The first-order chi connectivity index (χ1) is 4.81. The van der Waals surface area contributed by atoms with Crippen molar-refractivity contribution in [2.75, 3.05) is 6.61 Å². The Morgan fingerprint density at radius 3 is 2.36 bits per heavy atom. The van der Waals surface area contributed by atoms with Gasteiger partial charge in [-0.25, -0.2) is 0 Å². The number of carbonyl (C=O) groups excluding carboxylic acids is 1. The fraction of sp³-hybridized carbons (Fsp3) is 0.875. The summed E-state index contributed by atoms with van der Waals surface area (Å²) >= 11 is 0. The molecule has 0 bridgehead atoms. The standard InChI is InChI=1S/C8H16O2.Ce/c1-3-5-6-7-8(9)10-4-2;/h3-7H2,1-2H3;. The molecular weight excluding hydrogens is 268 g/mol. The van der Waals surface area contributed by atoms with E-state index >= 15 is 0 Å². The fourth-order valence-corrected chi connectivity index (χ4v) is 0.752. The first-order valence-corrected chi connectivity index (χ1v) is 3.96. The van der Waals surface area contributed by atoms with E-state index in [4.69, 9.17) is 4.74 Å². The molecule has 64 valence electrons. The van der Waals surface area contributed by atoms with Crippen LogP contribution in [-0.4, -0.2) is 12.6 Å². The SMILES string of the molecule is CCCCCC(=O)OCC.[Ce]. The number of unbranched alkanes of at least 4 members (excludes halogenated alkanes) is 2. The Kier molecular flexibility index (Phi) is 14.2. The van der Waals surface area contributed by atoms with Crippen LogP contribution in [0, 0.1) is 41.7 Å². The van der Waals surface area contributed by atoms with Crippen LogP contribution in [0.3, 0.4) is 0 Å². The quantitative estimate of drug-likeness (QED) is 0.571. The summed E-state index contributed by atoms with van der Waals surface area (Å²) in [6.07, 6.45) is 3.83. The predicted octanol–water partition coefficient (Wildman–Crippen LogP) is 2.13. The van der Waals surface area contributed by atoms with Crippen LogP contribution >= 0.6 is 0 Å². The third-order valence-corrected chi connectivity index (χ3v) is 1.29. The van der Waals surface area contributed by atoms with Crippen LogP contribution in [0.1, 0.15) is 39.5 Å². The van der Waals surface area contributed by atoms with E-state index in [0.29, 0.717) is 13.0 Å². The summed E-state index contributed by atoms with van der Waals surface area (Å²) in [5.74, 6) is -0.0593. The topological polar surface area (TPSA) is 26.3 Å². The Balaban J connectivity index is 0.